The van der Waals surface area contributed by atoms with Crippen LogP contribution in [-0.2, 0) is 24.3 Å². The van der Waals surface area contributed by atoms with Gasteiger partial charge >= 0.3 is 5.97 Å². The summed E-state index contributed by atoms with van der Waals surface area (Å²) in [7, 11) is 0. The van der Waals surface area contributed by atoms with Crippen LogP contribution in [0.15, 0.2) is 36.7 Å². The van der Waals surface area contributed by atoms with Crippen LogP contribution in [0.5, 0.6) is 0 Å². The maximum atomic E-state index is 12.2. The van der Waals surface area contributed by atoms with Crippen LogP contribution in [0.2, 0.25) is 0 Å². The molecule has 0 spiro atoms. The molecule has 0 amide bonds. The minimum Gasteiger partial charge on any atom is -0.480 e. The number of imidazole rings is 1. The Kier molecular flexibility index (Phi) is 3.53. The number of hydrogen-bond donors (Lipinski definition) is 2. The summed E-state index contributed by atoms with van der Waals surface area (Å²) in [5.41, 5.74) is 2.30. The number of hydrogen-bond acceptors (Lipinski definition) is 4. The van der Waals surface area contributed by atoms with E-state index in [-0.39, 0.29) is 12.3 Å². The number of rotatable bonds is 4. The monoisotopic (exact) mass is 285 g/mol. The Labute approximate surface area is 121 Å². The van der Waals surface area contributed by atoms with Gasteiger partial charge in [0.15, 0.2) is 5.78 Å². The van der Waals surface area contributed by atoms with E-state index in [1.807, 2.05) is 18.2 Å². The van der Waals surface area contributed by atoms with Crippen molar-refractivity contribution in [3.8, 4) is 0 Å². The highest BCUT2D eigenvalue weighted by atomic mass is 16.4. The number of aromatic nitrogens is 2. The standard InChI is InChI=1S/C15H15N3O3/c19-14(10-4-2-1-3-5-10)8-18-9-17-11-6-12(15(20)21)16-7-13(11)18/h1-5,9,12,16H,6-8H2,(H,20,21). The summed E-state index contributed by atoms with van der Waals surface area (Å²) in [6, 6.07) is 8.48. The highest BCUT2D eigenvalue weighted by Crippen LogP contribution is 2.16. The summed E-state index contributed by atoms with van der Waals surface area (Å²) in [5, 5.41) is 12.0. The van der Waals surface area contributed by atoms with E-state index in [0.717, 1.165) is 11.4 Å². The zero-order valence-electron chi connectivity index (χ0n) is 11.3. The lowest BCUT2D eigenvalue weighted by Gasteiger charge is -2.21. The second-order valence-corrected chi connectivity index (χ2v) is 5.03. The molecule has 1 aliphatic rings. The Morgan fingerprint density at radius 2 is 2.10 bits per heavy atom. The first-order chi connectivity index (χ1) is 10.1. The molecule has 0 aliphatic carbocycles. The summed E-state index contributed by atoms with van der Waals surface area (Å²) in [6.45, 7) is 0.625. The summed E-state index contributed by atoms with van der Waals surface area (Å²) < 4.78 is 1.79. The van der Waals surface area contributed by atoms with Crippen molar-refractivity contribution in [2.45, 2.75) is 25.6 Å². The van der Waals surface area contributed by atoms with Gasteiger partial charge in [0.1, 0.15) is 6.04 Å². The number of ketones is 1. The van der Waals surface area contributed by atoms with Crippen molar-refractivity contribution in [2.75, 3.05) is 0 Å². The molecule has 1 unspecified atom stereocenters. The van der Waals surface area contributed by atoms with Crippen molar-refractivity contribution in [2.24, 2.45) is 0 Å². The number of benzene rings is 1. The van der Waals surface area contributed by atoms with Gasteiger partial charge in [-0.3, -0.25) is 14.9 Å². The highest BCUT2D eigenvalue weighted by Gasteiger charge is 2.27. The average molecular weight is 285 g/mol. The Morgan fingerprint density at radius 3 is 2.81 bits per heavy atom. The highest BCUT2D eigenvalue weighted by molar-refractivity contribution is 5.95. The van der Waals surface area contributed by atoms with E-state index in [9.17, 15) is 9.59 Å². The second-order valence-electron chi connectivity index (χ2n) is 5.03. The number of Topliss-reactive ketones (excluding diaryl/α,β-unsaturated/α-hetero) is 1. The Hall–Kier alpha value is -2.47. The number of carboxylic acid groups (broad SMARTS) is 1. The predicted molar refractivity (Wildman–Crippen MR) is 75.0 cm³/mol. The first kappa shape index (κ1) is 13.5. The van der Waals surface area contributed by atoms with Crippen LogP contribution in [0.3, 0.4) is 0 Å². The lowest BCUT2D eigenvalue weighted by Crippen LogP contribution is -2.42. The molecule has 2 heterocycles. The molecule has 2 aromatic rings. The van der Waals surface area contributed by atoms with E-state index in [4.69, 9.17) is 5.11 Å². The molecular weight excluding hydrogens is 270 g/mol. The van der Waals surface area contributed by atoms with Crippen molar-refractivity contribution in [1.82, 2.24) is 14.9 Å². The maximum absolute atomic E-state index is 12.2. The number of nitrogens with one attached hydrogen (secondary N) is 1. The molecule has 1 aromatic carbocycles. The van der Waals surface area contributed by atoms with E-state index in [1.165, 1.54) is 0 Å². The van der Waals surface area contributed by atoms with Gasteiger partial charge in [-0.15, -0.1) is 0 Å². The molecule has 21 heavy (non-hydrogen) atoms. The first-order valence-electron chi connectivity index (χ1n) is 6.72. The molecule has 0 bridgehead atoms. The molecule has 0 fully saturated rings. The fourth-order valence-corrected chi connectivity index (χ4v) is 2.49. The van der Waals surface area contributed by atoms with Crippen molar-refractivity contribution in [3.05, 3.63) is 53.6 Å². The molecule has 1 aliphatic heterocycles. The van der Waals surface area contributed by atoms with Gasteiger partial charge in [0.05, 0.1) is 24.3 Å². The molecule has 1 atom stereocenters. The molecule has 0 saturated heterocycles. The summed E-state index contributed by atoms with van der Waals surface area (Å²) >= 11 is 0. The molecule has 0 saturated carbocycles. The van der Waals surface area contributed by atoms with E-state index >= 15 is 0 Å². The van der Waals surface area contributed by atoms with Crippen LogP contribution < -0.4 is 5.32 Å². The molecule has 2 N–H and O–H groups in total. The molecule has 6 nitrogen and oxygen atoms in total. The summed E-state index contributed by atoms with van der Waals surface area (Å²) in [4.78, 5) is 27.4. The van der Waals surface area contributed by atoms with Crippen LogP contribution in [0.4, 0.5) is 0 Å². The van der Waals surface area contributed by atoms with E-state index in [0.29, 0.717) is 18.5 Å². The van der Waals surface area contributed by atoms with Crippen LogP contribution in [0, 0.1) is 0 Å². The van der Waals surface area contributed by atoms with Gasteiger partial charge in [0.2, 0.25) is 0 Å². The molecule has 3 rings (SSSR count). The fourth-order valence-electron chi connectivity index (χ4n) is 2.49. The smallest absolute Gasteiger partial charge is 0.321 e. The van der Waals surface area contributed by atoms with Gasteiger partial charge in [-0.1, -0.05) is 30.3 Å². The Morgan fingerprint density at radius 1 is 1.33 bits per heavy atom. The number of aliphatic carboxylic acids is 1. The molecule has 108 valence electrons. The van der Waals surface area contributed by atoms with Crippen LogP contribution >= 0.6 is 0 Å². The third-order valence-corrected chi connectivity index (χ3v) is 3.65. The molecule has 6 heteroatoms. The van der Waals surface area contributed by atoms with E-state index < -0.39 is 12.0 Å². The van der Waals surface area contributed by atoms with Crippen molar-refractivity contribution >= 4 is 11.8 Å². The predicted octanol–water partition coefficient (Wildman–Crippen LogP) is 0.865. The van der Waals surface area contributed by atoms with Gasteiger partial charge in [-0.05, 0) is 0 Å². The topological polar surface area (TPSA) is 84.2 Å². The molecule has 0 radical (unpaired) electrons. The minimum atomic E-state index is -0.879. The largest absolute Gasteiger partial charge is 0.480 e. The quantitative estimate of drug-likeness (QED) is 0.814. The SMILES string of the molecule is O=C(Cn1cnc2c1CNC(C(=O)O)C2)c1ccccc1. The van der Waals surface area contributed by atoms with Crippen LogP contribution in [-0.4, -0.2) is 32.5 Å². The third-order valence-electron chi connectivity index (χ3n) is 3.65. The number of nitrogens with zero attached hydrogens (tertiary/aromatic N) is 2. The number of fused-ring (bicyclic) bond motifs is 1. The molecule has 1 aromatic heterocycles. The van der Waals surface area contributed by atoms with Gasteiger partial charge in [0.25, 0.3) is 0 Å². The van der Waals surface area contributed by atoms with Gasteiger partial charge < -0.3 is 9.67 Å². The summed E-state index contributed by atoms with van der Waals surface area (Å²) in [6.07, 6.45) is 1.95. The maximum Gasteiger partial charge on any atom is 0.321 e. The summed E-state index contributed by atoms with van der Waals surface area (Å²) in [5.74, 6) is -0.869. The lowest BCUT2D eigenvalue weighted by atomic mass is 10.1. The van der Waals surface area contributed by atoms with Crippen LogP contribution in [0.1, 0.15) is 21.7 Å². The zero-order valence-corrected chi connectivity index (χ0v) is 11.3. The van der Waals surface area contributed by atoms with Crippen LogP contribution in [0.25, 0.3) is 0 Å². The van der Waals surface area contributed by atoms with Crippen molar-refractivity contribution in [1.29, 1.82) is 0 Å². The Bertz CT molecular complexity index is 679. The normalized spacial score (nSPS) is 17.2. The zero-order chi connectivity index (χ0) is 14.8. The minimum absolute atomic E-state index is 0.0103. The Balaban J connectivity index is 1.77. The number of carbonyl (C=O) groups excluding carboxylic acids is 1. The molecular formula is C15H15N3O3. The third kappa shape index (κ3) is 2.71. The average Bonchev–Trinajstić information content (AvgIpc) is 2.90. The van der Waals surface area contributed by atoms with Gasteiger partial charge in [0, 0.05) is 18.5 Å². The van der Waals surface area contributed by atoms with Gasteiger partial charge in [-0.2, -0.15) is 0 Å². The lowest BCUT2D eigenvalue weighted by molar-refractivity contribution is -0.139. The van der Waals surface area contributed by atoms with Crippen molar-refractivity contribution < 1.29 is 14.7 Å². The van der Waals surface area contributed by atoms with E-state index in [1.54, 1.807) is 23.0 Å². The van der Waals surface area contributed by atoms with Gasteiger partial charge in [-0.25, -0.2) is 4.98 Å². The second kappa shape index (κ2) is 5.49. The number of carboxylic acids is 1. The van der Waals surface area contributed by atoms with E-state index in [2.05, 4.69) is 10.3 Å². The fraction of sp³-hybridized carbons (Fsp3) is 0.267. The number of carbonyl (C=O) groups is 2. The first-order valence-corrected chi connectivity index (χ1v) is 6.72. The van der Waals surface area contributed by atoms with Crippen molar-refractivity contribution in [3.63, 3.8) is 0 Å².